The first-order valence-corrected chi connectivity index (χ1v) is 5.67. The third kappa shape index (κ3) is 3.22. The summed E-state index contributed by atoms with van der Waals surface area (Å²) in [5, 5.41) is 0. The molecule has 1 heterocycles. The molecule has 2 aromatic rings. The van der Waals surface area contributed by atoms with Crippen LogP contribution in [-0.4, -0.2) is 31.0 Å². The molecule has 19 heavy (non-hydrogen) atoms. The number of aromatic nitrogens is 1. The number of methoxy groups -OCH3 is 1. The van der Waals surface area contributed by atoms with Crippen molar-refractivity contribution in [3.05, 3.63) is 42.1 Å². The molecule has 1 aromatic carbocycles. The maximum atomic E-state index is 10.9. The highest BCUT2D eigenvalue weighted by atomic mass is 16.6. The first-order valence-electron chi connectivity index (χ1n) is 5.67. The van der Waals surface area contributed by atoms with E-state index < -0.39 is 5.97 Å². The molecule has 1 aromatic heterocycles. The second-order valence-electron chi connectivity index (χ2n) is 3.83. The maximum Gasteiger partial charge on any atom is 0.343 e. The lowest BCUT2D eigenvalue weighted by molar-refractivity contribution is -0.142. The lowest BCUT2D eigenvalue weighted by Crippen LogP contribution is -2.12. The van der Waals surface area contributed by atoms with E-state index in [0.717, 1.165) is 17.5 Å². The van der Waals surface area contributed by atoms with Gasteiger partial charge in [0.15, 0.2) is 12.9 Å². The highest BCUT2D eigenvalue weighted by Gasteiger charge is 2.04. The number of nitrogens with one attached hydrogen (secondary N) is 1. The van der Waals surface area contributed by atoms with Gasteiger partial charge < -0.3 is 14.5 Å². The summed E-state index contributed by atoms with van der Waals surface area (Å²) in [5.74, 6) is 0.153. The van der Waals surface area contributed by atoms with Crippen molar-refractivity contribution in [2.75, 3.05) is 13.7 Å². The van der Waals surface area contributed by atoms with Gasteiger partial charge >= 0.3 is 5.97 Å². The number of aromatic amines is 1. The molecule has 2 rings (SSSR count). The summed E-state index contributed by atoms with van der Waals surface area (Å²) in [6, 6.07) is 10.7. The van der Waals surface area contributed by atoms with Gasteiger partial charge in [-0.2, -0.15) is 0 Å². The van der Waals surface area contributed by atoms with Crippen LogP contribution >= 0.6 is 0 Å². The predicted octanol–water partition coefficient (Wildman–Crippen LogP) is 2.05. The zero-order valence-electron chi connectivity index (χ0n) is 10.4. The molecule has 5 nitrogen and oxygen atoms in total. The molecule has 0 aliphatic carbocycles. The van der Waals surface area contributed by atoms with Gasteiger partial charge in [-0.1, -0.05) is 0 Å². The summed E-state index contributed by atoms with van der Waals surface area (Å²) in [7, 11) is 1.31. The van der Waals surface area contributed by atoms with E-state index >= 15 is 0 Å². The molecule has 0 aliphatic rings. The summed E-state index contributed by atoms with van der Waals surface area (Å²) in [4.78, 5) is 24.5. The Kier molecular flexibility index (Phi) is 3.97. The molecule has 0 aliphatic heterocycles. The highest BCUT2D eigenvalue weighted by Crippen LogP contribution is 2.21. The first kappa shape index (κ1) is 12.9. The molecule has 0 saturated heterocycles. The molecule has 0 bridgehead atoms. The maximum absolute atomic E-state index is 10.9. The number of rotatable bonds is 5. The minimum absolute atomic E-state index is 0.117. The Hall–Kier alpha value is -2.56. The van der Waals surface area contributed by atoms with Gasteiger partial charge in [-0.25, -0.2) is 4.79 Å². The Bertz CT molecular complexity index is 571. The zero-order valence-corrected chi connectivity index (χ0v) is 10.4. The van der Waals surface area contributed by atoms with Crippen LogP contribution in [0.2, 0.25) is 0 Å². The number of hydrogen-bond donors (Lipinski definition) is 1. The van der Waals surface area contributed by atoms with Gasteiger partial charge in [0.25, 0.3) is 0 Å². The van der Waals surface area contributed by atoms with Crippen LogP contribution < -0.4 is 4.74 Å². The van der Waals surface area contributed by atoms with Crippen molar-refractivity contribution in [2.24, 2.45) is 0 Å². The summed E-state index contributed by atoms with van der Waals surface area (Å²) in [6.45, 7) is -0.117. The van der Waals surface area contributed by atoms with Crippen molar-refractivity contribution in [1.82, 2.24) is 4.98 Å². The number of ether oxygens (including phenoxy) is 2. The lowest BCUT2D eigenvalue weighted by atomic mass is 10.1. The number of esters is 1. The van der Waals surface area contributed by atoms with Crippen LogP contribution in [0, 0.1) is 0 Å². The minimum Gasteiger partial charge on any atom is -0.482 e. The van der Waals surface area contributed by atoms with E-state index in [0.29, 0.717) is 11.4 Å². The molecule has 1 N–H and O–H groups in total. The molecule has 0 radical (unpaired) electrons. The van der Waals surface area contributed by atoms with E-state index in [2.05, 4.69) is 9.72 Å². The van der Waals surface area contributed by atoms with E-state index in [4.69, 9.17) is 4.74 Å². The van der Waals surface area contributed by atoms with E-state index in [1.165, 1.54) is 7.11 Å². The van der Waals surface area contributed by atoms with Gasteiger partial charge in [0.05, 0.1) is 12.8 Å². The normalized spacial score (nSPS) is 9.95. The van der Waals surface area contributed by atoms with Gasteiger partial charge in [-0.15, -0.1) is 0 Å². The summed E-state index contributed by atoms with van der Waals surface area (Å²) < 4.78 is 9.71. The van der Waals surface area contributed by atoms with E-state index in [1.54, 1.807) is 18.2 Å². The molecule has 0 amide bonds. The van der Waals surface area contributed by atoms with Crippen LogP contribution in [0.15, 0.2) is 36.4 Å². The standard InChI is InChI=1S/C14H13NO4/c1-18-14(17)9-19-12-5-2-10(3-6-12)13-7-4-11(8-16)15-13/h2-8,15H,9H2,1H3. The third-order valence-electron chi connectivity index (χ3n) is 2.59. The number of H-pyrrole nitrogens is 1. The molecular formula is C14H13NO4. The summed E-state index contributed by atoms with van der Waals surface area (Å²) in [6.07, 6.45) is 0.761. The molecule has 0 fully saturated rings. The van der Waals surface area contributed by atoms with E-state index in [1.807, 2.05) is 18.2 Å². The molecule has 0 atom stereocenters. The Balaban J connectivity index is 2.05. The Labute approximate surface area is 110 Å². The number of aldehydes is 1. The Morgan fingerprint density at radius 1 is 1.21 bits per heavy atom. The van der Waals surface area contributed by atoms with Crippen LogP contribution in [0.5, 0.6) is 5.75 Å². The minimum atomic E-state index is -0.427. The van der Waals surface area contributed by atoms with Gasteiger partial charge in [-0.05, 0) is 42.0 Å². The summed E-state index contributed by atoms with van der Waals surface area (Å²) >= 11 is 0. The van der Waals surface area contributed by atoms with Crippen LogP contribution in [-0.2, 0) is 9.53 Å². The molecular weight excluding hydrogens is 246 g/mol. The smallest absolute Gasteiger partial charge is 0.343 e. The van der Waals surface area contributed by atoms with Crippen LogP contribution in [0.1, 0.15) is 10.5 Å². The van der Waals surface area contributed by atoms with Gasteiger partial charge in [-0.3, -0.25) is 4.79 Å². The monoisotopic (exact) mass is 259 g/mol. The Morgan fingerprint density at radius 2 is 1.95 bits per heavy atom. The van der Waals surface area contributed by atoms with Crippen LogP contribution in [0.4, 0.5) is 0 Å². The predicted molar refractivity (Wildman–Crippen MR) is 69.1 cm³/mol. The molecule has 0 saturated carbocycles. The number of carbonyl (C=O) groups is 2. The second-order valence-corrected chi connectivity index (χ2v) is 3.83. The first-order chi connectivity index (χ1) is 9.22. The fourth-order valence-corrected chi connectivity index (χ4v) is 1.58. The summed E-state index contributed by atoms with van der Waals surface area (Å²) in [5.41, 5.74) is 2.31. The van der Waals surface area contributed by atoms with E-state index in [-0.39, 0.29) is 6.61 Å². The topological polar surface area (TPSA) is 68.4 Å². The quantitative estimate of drug-likeness (QED) is 0.659. The highest BCUT2D eigenvalue weighted by molar-refractivity contribution is 5.75. The fraction of sp³-hybridized carbons (Fsp3) is 0.143. The van der Waals surface area contributed by atoms with Gasteiger partial charge in [0, 0.05) is 5.69 Å². The average Bonchev–Trinajstić information content (AvgIpc) is 2.94. The molecule has 98 valence electrons. The van der Waals surface area contributed by atoms with Crippen molar-refractivity contribution in [2.45, 2.75) is 0 Å². The largest absolute Gasteiger partial charge is 0.482 e. The zero-order chi connectivity index (χ0) is 13.7. The van der Waals surface area contributed by atoms with Crippen molar-refractivity contribution < 1.29 is 19.1 Å². The fourth-order valence-electron chi connectivity index (χ4n) is 1.58. The average molecular weight is 259 g/mol. The van der Waals surface area contributed by atoms with Crippen LogP contribution in [0.3, 0.4) is 0 Å². The lowest BCUT2D eigenvalue weighted by Gasteiger charge is -2.05. The molecule has 0 spiro atoms. The molecule has 5 heteroatoms. The van der Waals surface area contributed by atoms with Crippen LogP contribution in [0.25, 0.3) is 11.3 Å². The van der Waals surface area contributed by atoms with Crippen molar-refractivity contribution in [3.63, 3.8) is 0 Å². The van der Waals surface area contributed by atoms with Crippen molar-refractivity contribution in [1.29, 1.82) is 0 Å². The third-order valence-corrected chi connectivity index (χ3v) is 2.59. The SMILES string of the molecule is COC(=O)COc1ccc(-c2ccc(C=O)[nH]2)cc1. The van der Waals surface area contributed by atoms with Gasteiger partial charge in [0.2, 0.25) is 0 Å². The van der Waals surface area contributed by atoms with Crippen molar-refractivity contribution in [3.8, 4) is 17.0 Å². The Morgan fingerprint density at radius 3 is 2.53 bits per heavy atom. The van der Waals surface area contributed by atoms with Gasteiger partial charge in [0.1, 0.15) is 5.75 Å². The van der Waals surface area contributed by atoms with E-state index in [9.17, 15) is 9.59 Å². The van der Waals surface area contributed by atoms with Crippen molar-refractivity contribution >= 4 is 12.3 Å². The molecule has 0 unspecified atom stereocenters. The number of hydrogen-bond acceptors (Lipinski definition) is 4. The number of carbonyl (C=O) groups excluding carboxylic acids is 2. The number of benzene rings is 1. The second kappa shape index (κ2) is 5.86.